The maximum atomic E-state index is 11.8. The molecule has 0 N–H and O–H groups in total. The molecule has 0 bridgehead atoms. The predicted octanol–water partition coefficient (Wildman–Crippen LogP) is 5.17. The van der Waals surface area contributed by atoms with Gasteiger partial charge in [0, 0.05) is 18.4 Å². The Morgan fingerprint density at radius 2 is 1.89 bits per heavy atom. The average molecular weight is 606 g/mol. The van der Waals surface area contributed by atoms with Crippen molar-refractivity contribution in [3.63, 3.8) is 0 Å². The van der Waals surface area contributed by atoms with Gasteiger partial charge in [-0.3, -0.25) is 4.18 Å². The summed E-state index contributed by atoms with van der Waals surface area (Å²) in [6.07, 6.45) is 6.37. The molecule has 220 valence electrons. The first kappa shape index (κ1) is 33.8. The van der Waals surface area contributed by atoms with E-state index in [0.29, 0.717) is 17.4 Å². The van der Waals surface area contributed by atoms with E-state index in [1.807, 2.05) is 6.92 Å². The zero-order chi connectivity index (χ0) is 28.8. The first-order valence-electron chi connectivity index (χ1n) is 13.7. The minimum atomic E-state index is -3.56. The van der Waals surface area contributed by atoms with Crippen LogP contribution in [0.3, 0.4) is 0 Å². The van der Waals surface area contributed by atoms with E-state index >= 15 is 0 Å². The van der Waals surface area contributed by atoms with E-state index in [9.17, 15) is 8.42 Å². The van der Waals surface area contributed by atoms with Gasteiger partial charge in [-0.2, -0.15) is 8.42 Å². The first-order chi connectivity index (χ1) is 17.4. The summed E-state index contributed by atoms with van der Waals surface area (Å²) in [5, 5.41) is 3.55. The number of rotatable bonds is 16. The summed E-state index contributed by atoms with van der Waals surface area (Å²) >= 11 is 1.64. The smallest absolute Gasteiger partial charge is 0.264 e. The highest BCUT2D eigenvalue weighted by Crippen LogP contribution is 2.45. The lowest BCUT2D eigenvalue weighted by Crippen LogP contribution is -2.29. The molecular weight excluding hydrogens is 555 g/mol. The maximum absolute atomic E-state index is 11.8. The summed E-state index contributed by atoms with van der Waals surface area (Å²) in [7, 11) is -4.92. The zero-order valence-corrected chi connectivity index (χ0v) is 29.7. The molecule has 0 aliphatic carbocycles. The van der Waals surface area contributed by atoms with E-state index in [-0.39, 0.29) is 23.9 Å². The lowest BCUT2D eigenvalue weighted by Gasteiger charge is -2.25. The second-order valence-corrected chi connectivity index (χ2v) is 21.8. The van der Waals surface area contributed by atoms with Gasteiger partial charge in [-0.05, 0) is 54.3 Å². The summed E-state index contributed by atoms with van der Waals surface area (Å²) in [5.41, 5.74) is 1.48. The minimum Gasteiger partial charge on any atom is -0.423 e. The number of hydrogen-bond donors (Lipinski definition) is 0. The standard InChI is InChI=1S/C27H51NO6S2Si2/c1-19(16-32-37-25(4,5)6)12-11-13-27(18-31-36(10,29)30)24(33-27)15-23(34-38-26(7,8)9)20(2)14-22-17-35-21(3)28-22/h14,17,19,23-24H,11-13,15-16,18,37-38H2,1-10H3/t19-,23-,24-,27-/m0/s1. The molecular formula is C27H51NO6S2Si2. The summed E-state index contributed by atoms with van der Waals surface area (Å²) in [4.78, 5) is 4.59. The number of ether oxygens (including phenoxy) is 1. The number of nitrogens with zero attached hydrogens (tertiary/aromatic N) is 1. The molecule has 0 unspecified atom stereocenters. The van der Waals surface area contributed by atoms with Crippen LogP contribution in [0.4, 0.5) is 0 Å². The number of epoxide rings is 1. The molecule has 0 radical (unpaired) electrons. The van der Waals surface area contributed by atoms with Gasteiger partial charge in [0.1, 0.15) is 5.60 Å². The van der Waals surface area contributed by atoms with E-state index < -0.39 is 35.2 Å². The van der Waals surface area contributed by atoms with Crippen LogP contribution in [-0.4, -0.2) is 70.2 Å². The summed E-state index contributed by atoms with van der Waals surface area (Å²) in [6.45, 7) is 20.5. The van der Waals surface area contributed by atoms with Crippen molar-refractivity contribution in [3.8, 4) is 0 Å². The Balaban J connectivity index is 2.06. The predicted molar refractivity (Wildman–Crippen MR) is 164 cm³/mol. The first-order valence-corrected chi connectivity index (χ1v) is 19.0. The van der Waals surface area contributed by atoms with Crippen molar-refractivity contribution in [2.45, 2.75) is 116 Å². The highest BCUT2D eigenvalue weighted by Gasteiger charge is 2.57. The van der Waals surface area contributed by atoms with E-state index in [2.05, 4.69) is 71.8 Å². The normalized spacial score (nSPS) is 23.1. The highest BCUT2D eigenvalue weighted by atomic mass is 32.2. The van der Waals surface area contributed by atoms with Gasteiger partial charge in [0.15, 0.2) is 19.5 Å². The Hall–Kier alpha value is -0.406. The second-order valence-electron chi connectivity index (χ2n) is 13.5. The SMILES string of the molecule is CC(=Cc1csc(C)n1)[C@H](C[C@@H]1O[C@@]1(CCC[C@H](C)CO[SiH2]C(C)(C)C)COS(C)(=O)=O)O[SiH2]C(C)(C)C. The van der Waals surface area contributed by atoms with Gasteiger partial charge in [-0.15, -0.1) is 11.3 Å². The third kappa shape index (κ3) is 13.3. The van der Waals surface area contributed by atoms with Gasteiger partial charge < -0.3 is 13.6 Å². The summed E-state index contributed by atoms with van der Waals surface area (Å²) in [5.74, 6) is 0.454. The third-order valence-corrected chi connectivity index (χ3v) is 10.4. The number of thiazole rings is 1. The molecule has 1 aliphatic heterocycles. The monoisotopic (exact) mass is 605 g/mol. The lowest BCUT2D eigenvalue weighted by molar-refractivity contribution is 0.175. The van der Waals surface area contributed by atoms with Crippen LogP contribution in [0.1, 0.15) is 91.8 Å². The van der Waals surface area contributed by atoms with Crippen LogP contribution in [-0.2, 0) is 27.9 Å². The molecule has 2 heterocycles. The van der Waals surface area contributed by atoms with Gasteiger partial charge in [0.05, 0.1) is 35.8 Å². The molecule has 0 amide bonds. The Morgan fingerprint density at radius 1 is 1.24 bits per heavy atom. The molecule has 0 spiro atoms. The highest BCUT2D eigenvalue weighted by molar-refractivity contribution is 7.85. The molecule has 38 heavy (non-hydrogen) atoms. The van der Waals surface area contributed by atoms with E-state index in [1.54, 1.807) is 11.3 Å². The van der Waals surface area contributed by atoms with Crippen LogP contribution in [0, 0.1) is 12.8 Å². The van der Waals surface area contributed by atoms with Crippen molar-refractivity contribution in [2.75, 3.05) is 19.5 Å². The van der Waals surface area contributed by atoms with Gasteiger partial charge in [0.25, 0.3) is 10.1 Å². The fourth-order valence-electron chi connectivity index (χ4n) is 4.24. The van der Waals surface area contributed by atoms with Crippen molar-refractivity contribution in [2.24, 2.45) is 5.92 Å². The fraction of sp³-hybridized carbons (Fsp3) is 0.815. The lowest BCUT2D eigenvalue weighted by atomic mass is 9.92. The molecule has 1 saturated heterocycles. The maximum Gasteiger partial charge on any atom is 0.264 e. The fourth-order valence-corrected chi connectivity index (χ4v) is 7.46. The quantitative estimate of drug-likeness (QED) is 0.146. The molecule has 1 aromatic heterocycles. The summed E-state index contributed by atoms with van der Waals surface area (Å²) in [6, 6.07) is 0. The van der Waals surface area contributed by atoms with Crippen molar-refractivity contribution in [3.05, 3.63) is 21.7 Å². The Labute approximate surface area is 240 Å². The topological polar surface area (TPSA) is 87.3 Å². The molecule has 11 heteroatoms. The minimum absolute atomic E-state index is 0.0514. The Bertz CT molecular complexity index is 1020. The molecule has 2 rings (SSSR count). The Kier molecular flexibility index (Phi) is 12.4. The Morgan fingerprint density at radius 3 is 2.45 bits per heavy atom. The van der Waals surface area contributed by atoms with Crippen molar-refractivity contribution >= 4 is 47.1 Å². The van der Waals surface area contributed by atoms with Gasteiger partial charge in [-0.1, -0.05) is 54.9 Å². The van der Waals surface area contributed by atoms with Crippen molar-refractivity contribution in [1.82, 2.24) is 4.98 Å². The van der Waals surface area contributed by atoms with E-state index in [0.717, 1.165) is 48.4 Å². The number of hydrogen-bond acceptors (Lipinski definition) is 8. The van der Waals surface area contributed by atoms with Crippen LogP contribution in [0.25, 0.3) is 6.08 Å². The number of aryl methyl sites for hydroxylation is 1. The molecule has 1 aromatic rings. The van der Waals surface area contributed by atoms with Gasteiger partial charge >= 0.3 is 0 Å². The third-order valence-electron chi connectivity index (χ3n) is 6.32. The van der Waals surface area contributed by atoms with Crippen LogP contribution in [0.5, 0.6) is 0 Å². The van der Waals surface area contributed by atoms with Crippen molar-refractivity contribution < 1.29 is 26.2 Å². The van der Waals surface area contributed by atoms with Crippen LogP contribution in [0.15, 0.2) is 11.0 Å². The van der Waals surface area contributed by atoms with Crippen LogP contribution in [0.2, 0.25) is 10.1 Å². The second kappa shape index (κ2) is 14.0. The van der Waals surface area contributed by atoms with Crippen molar-refractivity contribution in [1.29, 1.82) is 0 Å². The molecule has 0 saturated carbocycles. The number of aromatic nitrogens is 1. The average Bonchev–Trinajstić information content (AvgIpc) is 3.27. The molecule has 4 atom stereocenters. The van der Waals surface area contributed by atoms with Gasteiger partial charge in [0.2, 0.25) is 0 Å². The van der Waals surface area contributed by atoms with Crippen LogP contribution < -0.4 is 0 Å². The zero-order valence-electron chi connectivity index (χ0n) is 25.3. The molecule has 0 aromatic carbocycles. The largest absolute Gasteiger partial charge is 0.423 e. The molecule has 7 nitrogen and oxygen atoms in total. The molecule has 1 fully saturated rings. The van der Waals surface area contributed by atoms with Gasteiger partial charge in [-0.25, -0.2) is 4.98 Å². The van der Waals surface area contributed by atoms with Crippen LogP contribution >= 0.6 is 11.3 Å². The summed E-state index contributed by atoms with van der Waals surface area (Å²) < 4.78 is 47.7. The van der Waals surface area contributed by atoms with E-state index in [1.165, 1.54) is 0 Å². The molecule has 1 aliphatic rings. The van der Waals surface area contributed by atoms with E-state index in [4.69, 9.17) is 17.8 Å².